The van der Waals surface area contributed by atoms with Crippen LogP contribution in [0.4, 0.5) is 0 Å². The maximum atomic E-state index is 11.6. The first-order chi connectivity index (χ1) is 7.29. The number of primary amides is 1. The molecule has 1 aromatic rings. The van der Waals surface area contributed by atoms with Gasteiger partial charge in [-0.25, -0.2) is 4.98 Å². The number of aryl methyl sites for hydroxylation is 1. The summed E-state index contributed by atoms with van der Waals surface area (Å²) in [5.41, 5.74) is 12.6. The fourth-order valence-electron chi connectivity index (χ4n) is 1.94. The molecule has 0 aliphatic heterocycles. The fourth-order valence-corrected chi connectivity index (χ4v) is 1.94. The second kappa shape index (κ2) is 4.25. The number of nitrogens with two attached hydrogens (primary N) is 2. The molecule has 1 heterocycles. The summed E-state index contributed by atoms with van der Waals surface area (Å²) in [5.74, 6) is -0.361. The molecule has 1 aromatic heterocycles. The Balaban J connectivity index is 3.27. The summed E-state index contributed by atoms with van der Waals surface area (Å²) >= 11 is 0. The van der Waals surface area contributed by atoms with Crippen molar-refractivity contribution in [3.8, 4) is 0 Å². The van der Waals surface area contributed by atoms with Crippen molar-refractivity contribution in [3.63, 3.8) is 0 Å². The molecule has 0 aliphatic rings. The van der Waals surface area contributed by atoms with Gasteiger partial charge in [-0.05, 0) is 12.3 Å². The minimum Gasteiger partial charge on any atom is -0.368 e. The first-order valence-corrected chi connectivity index (χ1v) is 5.30. The van der Waals surface area contributed by atoms with Gasteiger partial charge in [-0.2, -0.15) is 0 Å². The Morgan fingerprint density at radius 3 is 2.50 bits per heavy atom. The Morgan fingerprint density at radius 1 is 1.56 bits per heavy atom. The molecule has 90 valence electrons. The van der Waals surface area contributed by atoms with E-state index < -0.39 is 6.04 Å². The lowest BCUT2D eigenvalue weighted by atomic mass is 9.86. The van der Waals surface area contributed by atoms with Crippen LogP contribution < -0.4 is 11.5 Å². The molecule has 0 saturated heterocycles. The average molecular weight is 224 g/mol. The maximum absolute atomic E-state index is 11.6. The van der Waals surface area contributed by atoms with Crippen LogP contribution >= 0.6 is 0 Å². The Kier molecular flexibility index (Phi) is 3.38. The number of amides is 1. The van der Waals surface area contributed by atoms with Crippen molar-refractivity contribution in [2.75, 3.05) is 0 Å². The van der Waals surface area contributed by atoms with Gasteiger partial charge in [0.1, 0.15) is 6.04 Å². The quantitative estimate of drug-likeness (QED) is 0.793. The van der Waals surface area contributed by atoms with Gasteiger partial charge in [0.2, 0.25) is 5.91 Å². The van der Waals surface area contributed by atoms with Crippen LogP contribution in [0.5, 0.6) is 0 Å². The monoisotopic (exact) mass is 224 g/mol. The van der Waals surface area contributed by atoms with Crippen LogP contribution in [0.25, 0.3) is 0 Å². The van der Waals surface area contributed by atoms with Crippen LogP contribution in [0.3, 0.4) is 0 Å². The molecule has 1 atom stereocenters. The standard InChI is InChI=1S/C11H20N4O/c1-7-8(5-12)15(6-14-7)9(10(13)16)11(2,3)4/h6,9H,5,12H2,1-4H3,(H2,13,16). The average Bonchev–Trinajstić information content (AvgIpc) is 2.44. The summed E-state index contributed by atoms with van der Waals surface area (Å²) < 4.78 is 1.79. The molecule has 5 nitrogen and oxygen atoms in total. The lowest BCUT2D eigenvalue weighted by Crippen LogP contribution is -2.37. The Bertz CT molecular complexity index is 389. The third kappa shape index (κ3) is 2.24. The van der Waals surface area contributed by atoms with Crippen molar-refractivity contribution in [2.24, 2.45) is 16.9 Å². The summed E-state index contributed by atoms with van der Waals surface area (Å²) in [6.07, 6.45) is 1.64. The highest BCUT2D eigenvalue weighted by Gasteiger charge is 2.32. The molecule has 0 bridgehead atoms. The smallest absolute Gasteiger partial charge is 0.241 e. The molecule has 0 aromatic carbocycles. The summed E-state index contributed by atoms with van der Waals surface area (Å²) in [5, 5.41) is 0. The van der Waals surface area contributed by atoms with Crippen LogP contribution in [0.15, 0.2) is 6.33 Å². The van der Waals surface area contributed by atoms with Gasteiger partial charge >= 0.3 is 0 Å². The number of aromatic nitrogens is 2. The van der Waals surface area contributed by atoms with Gasteiger partial charge < -0.3 is 16.0 Å². The van der Waals surface area contributed by atoms with Crippen molar-refractivity contribution >= 4 is 5.91 Å². The molecule has 16 heavy (non-hydrogen) atoms. The first-order valence-electron chi connectivity index (χ1n) is 5.30. The third-order valence-corrected chi connectivity index (χ3v) is 2.67. The number of hydrogen-bond donors (Lipinski definition) is 2. The van der Waals surface area contributed by atoms with E-state index in [2.05, 4.69) is 4.98 Å². The predicted molar refractivity (Wildman–Crippen MR) is 62.5 cm³/mol. The highest BCUT2D eigenvalue weighted by atomic mass is 16.1. The summed E-state index contributed by atoms with van der Waals surface area (Å²) in [7, 11) is 0. The molecule has 0 spiro atoms. The SMILES string of the molecule is Cc1ncn(C(C(N)=O)C(C)(C)C)c1CN. The van der Waals surface area contributed by atoms with Gasteiger partial charge in [-0.15, -0.1) is 0 Å². The first kappa shape index (κ1) is 12.7. The predicted octanol–water partition coefficient (Wildman–Crippen LogP) is 0.723. The zero-order valence-electron chi connectivity index (χ0n) is 10.3. The zero-order chi connectivity index (χ0) is 12.5. The van der Waals surface area contributed by atoms with Crippen molar-refractivity contribution in [1.82, 2.24) is 9.55 Å². The largest absolute Gasteiger partial charge is 0.368 e. The molecule has 0 fully saturated rings. The lowest BCUT2D eigenvalue weighted by molar-refractivity contribution is -0.124. The van der Waals surface area contributed by atoms with Gasteiger partial charge in [-0.3, -0.25) is 4.79 Å². The summed E-state index contributed by atoms with van der Waals surface area (Å²) in [4.78, 5) is 15.7. The zero-order valence-corrected chi connectivity index (χ0v) is 10.3. The van der Waals surface area contributed by atoms with Crippen molar-refractivity contribution in [3.05, 3.63) is 17.7 Å². The van der Waals surface area contributed by atoms with Crippen LogP contribution in [-0.2, 0) is 11.3 Å². The molecular formula is C11H20N4O. The van der Waals surface area contributed by atoms with Crippen molar-refractivity contribution < 1.29 is 4.79 Å². The van der Waals surface area contributed by atoms with Crippen molar-refractivity contribution in [2.45, 2.75) is 40.3 Å². The van der Waals surface area contributed by atoms with Gasteiger partial charge in [-0.1, -0.05) is 20.8 Å². The molecule has 0 radical (unpaired) electrons. The normalized spacial score (nSPS) is 13.8. The number of carbonyl (C=O) groups excluding carboxylic acids is 1. The van der Waals surface area contributed by atoms with Crippen LogP contribution in [0.1, 0.15) is 38.2 Å². The van der Waals surface area contributed by atoms with E-state index in [1.165, 1.54) is 0 Å². The third-order valence-electron chi connectivity index (χ3n) is 2.67. The molecule has 1 amide bonds. The van der Waals surface area contributed by atoms with Gasteiger partial charge in [0.05, 0.1) is 17.7 Å². The van der Waals surface area contributed by atoms with Gasteiger partial charge in [0.25, 0.3) is 0 Å². The Morgan fingerprint density at radius 2 is 2.12 bits per heavy atom. The Labute approximate surface area is 95.8 Å². The molecule has 0 saturated carbocycles. The van der Waals surface area contributed by atoms with Crippen LogP contribution in [-0.4, -0.2) is 15.5 Å². The van der Waals surface area contributed by atoms with E-state index in [1.807, 2.05) is 27.7 Å². The van der Waals surface area contributed by atoms with Crippen LogP contribution in [0, 0.1) is 12.3 Å². The maximum Gasteiger partial charge on any atom is 0.241 e. The number of nitrogens with zero attached hydrogens (tertiary/aromatic N) is 2. The minimum atomic E-state index is -0.424. The number of rotatable bonds is 3. The van der Waals surface area contributed by atoms with E-state index in [4.69, 9.17) is 11.5 Å². The highest BCUT2D eigenvalue weighted by Crippen LogP contribution is 2.31. The van der Waals surface area contributed by atoms with E-state index in [0.717, 1.165) is 11.4 Å². The molecule has 5 heteroatoms. The molecule has 0 aliphatic carbocycles. The fraction of sp³-hybridized carbons (Fsp3) is 0.636. The minimum absolute atomic E-state index is 0.261. The Hall–Kier alpha value is -1.36. The van der Waals surface area contributed by atoms with E-state index in [1.54, 1.807) is 10.9 Å². The van der Waals surface area contributed by atoms with Gasteiger partial charge in [0.15, 0.2) is 0 Å². The van der Waals surface area contributed by atoms with E-state index >= 15 is 0 Å². The van der Waals surface area contributed by atoms with E-state index in [0.29, 0.717) is 6.54 Å². The number of carbonyl (C=O) groups is 1. The topological polar surface area (TPSA) is 86.9 Å². The van der Waals surface area contributed by atoms with Crippen LogP contribution in [0.2, 0.25) is 0 Å². The second-order valence-corrected chi connectivity index (χ2v) is 5.06. The highest BCUT2D eigenvalue weighted by molar-refractivity contribution is 5.79. The van der Waals surface area contributed by atoms with Crippen molar-refractivity contribution in [1.29, 1.82) is 0 Å². The second-order valence-electron chi connectivity index (χ2n) is 5.06. The van der Waals surface area contributed by atoms with E-state index in [-0.39, 0.29) is 11.3 Å². The van der Waals surface area contributed by atoms with Gasteiger partial charge in [0, 0.05) is 6.54 Å². The number of hydrogen-bond acceptors (Lipinski definition) is 3. The summed E-state index contributed by atoms with van der Waals surface area (Å²) in [6.45, 7) is 8.14. The molecule has 1 unspecified atom stereocenters. The summed E-state index contributed by atoms with van der Waals surface area (Å²) in [6, 6.07) is -0.424. The molecular weight excluding hydrogens is 204 g/mol. The molecule has 1 rings (SSSR count). The molecule has 4 N–H and O–H groups in total. The number of imidazole rings is 1. The lowest BCUT2D eigenvalue weighted by Gasteiger charge is -2.30. The van der Waals surface area contributed by atoms with E-state index in [9.17, 15) is 4.79 Å².